The molecule has 174 valence electrons. The Bertz CT molecular complexity index is 1510. The maximum absolute atomic E-state index is 13.3. The van der Waals surface area contributed by atoms with Crippen molar-refractivity contribution in [2.75, 3.05) is 12.0 Å². The van der Waals surface area contributed by atoms with Crippen LogP contribution in [0, 0.1) is 0 Å². The van der Waals surface area contributed by atoms with Gasteiger partial charge in [0.1, 0.15) is 5.75 Å². The number of ketones is 1. The number of carbonyl (C=O) groups excluding carboxylic acids is 2. The van der Waals surface area contributed by atoms with Crippen LogP contribution in [-0.4, -0.2) is 28.9 Å². The molecule has 5 rings (SSSR count). The molecule has 0 aliphatic carbocycles. The number of amides is 1. The zero-order valence-electron chi connectivity index (χ0n) is 18.5. The molecule has 1 aliphatic rings. The van der Waals surface area contributed by atoms with Crippen molar-refractivity contribution in [2.24, 2.45) is 0 Å². The lowest BCUT2D eigenvalue weighted by atomic mass is 9.96. The highest BCUT2D eigenvalue weighted by Crippen LogP contribution is 2.44. The van der Waals surface area contributed by atoms with E-state index in [1.165, 1.54) is 22.3 Å². The van der Waals surface area contributed by atoms with Crippen molar-refractivity contribution in [1.29, 1.82) is 0 Å². The topological polar surface area (TPSA) is 79.7 Å². The van der Waals surface area contributed by atoms with E-state index < -0.39 is 23.5 Å². The van der Waals surface area contributed by atoms with E-state index in [9.17, 15) is 14.7 Å². The Balaban J connectivity index is 1.61. The molecule has 6 nitrogen and oxygen atoms in total. The average Bonchev–Trinajstić information content (AvgIpc) is 3.40. The number of ether oxygens (including phenoxy) is 1. The van der Waals surface area contributed by atoms with Crippen molar-refractivity contribution in [3.05, 3.63) is 106 Å². The van der Waals surface area contributed by atoms with Crippen LogP contribution in [0.2, 0.25) is 5.02 Å². The summed E-state index contributed by atoms with van der Waals surface area (Å²) in [7, 11) is 1.57. The average molecular weight is 503 g/mol. The Morgan fingerprint density at radius 1 is 1.11 bits per heavy atom. The number of thiazole rings is 1. The Morgan fingerprint density at radius 3 is 2.66 bits per heavy atom. The summed E-state index contributed by atoms with van der Waals surface area (Å²) in [5.41, 5.74) is 2.05. The number of allylic oxidation sites excluding steroid dienone is 1. The zero-order valence-corrected chi connectivity index (χ0v) is 20.1. The lowest BCUT2D eigenvalue weighted by molar-refractivity contribution is -0.117. The van der Waals surface area contributed by atoms with Gasteiger partial charge in [0.25, 0.3) is 5.91 Å². The van der Waals surface area contributed by atoms with E-state index in [1.807, 2.05) is 36.4 Å². The summed E-state index contributed by atoms with van der Waals surface area (Å²) in [4.78, 5) is 32.6. The van der Waals surface area contributed by atoms with Crippen LogP contribution < -0.4 is 9.64 Å². The van der Waals surface area contributed by atoms with Crippen LogP contribution in [0.1, 0.15) is 17.2 Å². The SMILES string of the molecule is COc1ccc2nc(N3C(=O)C(O)=C(C(=O)C=Cc4ccccc4)C3c3cccc(Cl)c3)sc2c1. The molecule has 1 aromatic heterocycles. The second-order valence-corrected chi connectivity index (χ2v) is 9.28. The molecule has 2 heterocycles. The normalized spacial score (nSPS) is 16.0. The highest BCUT2D eigenvalue weighted by molar-refractivity contribution is 7.22. The first-order chi connectivity index (χ1) is 17.0. The first-order valence-electron chi connectivity index (χ1n) is 10.7. The minimum Gasteiger partial charge on any atom is -0.503 e. The summed E-state index contributed by atoms with van der Waals surface area (Å²) in [6, 6.07) is 20.7. The fourth-order valence-corrected chi connectivity index (χ4v) is 5.21. The number of halogens is 1. The Labute approximate surface area is 210 Å². The molecule has 1 amide bonds. The van der Waals surface area contributed by atoms with Crippen molar-refractivity contribution in [2.45, 2.75) is 6.04 Å². The largest absolute Gasteiger partial charge is 0.503 e. The second-order valence-electron chi connectivity index (χ2n) is 7.83. The quantitative estimate of drug-likeness (QED) is 0.320. The highest BCUT2D eigenvalue weighted by Gasteiger charge is 2.45. The number of rotatable bonds is 6. The fraction of sp³-hybridized carbons (Fsp3) is 0.0741. The summed E-state index contributed by atoms with van der Waals surface area (Å²) in [6.07, 6.45) is 3.01. The molecule has 4 aromatic rings. The number of aromatic nitrogens is 1. The predicted molar refractivity (Wildman–Crippen MR) is 138 cm³/mol. The van der Waals surface area contributed by atoms with E-state index in [-0.39, 0.29) is 5.57 Å². The molecule has 1 unspecified atom stereocenters. The molecule has 35 heavy (non-hydrogen) atoms. The minimum absolute atomic E-state index is 0.0266. The number of anilines is 1. The van der Waals surface area contributed by atoms with E-state index in [0.717, 1.165) is 10.3 Å². The Hall–Kier alpha value is -3.94. The van der Waals surface area contributed by atoms with Gasteiger partial charge in [-0.3, -0.25) is 14.5 Å². The van der Waals surface area contributed by atoms with E-state index in [0.29, 0.717) is 27.0 Å². The van der Waals surface area contributed by atoms with Gasteiger partial charge in [-0.15, -0.1) is 0 Å². The molecular formula is C27H19ClN2O4S. The second kappa shape index (κ2) is 9.37. The van der Waals surface area contributed by atoms with E-state index in [1.54, 1.807) is 49.6 Å². The number of aliphatic hydroxyl groups is 1. The predicted octanol–water partition coefficient (Wildman–Crippen LogP) is 6.14. The third kappa shape index (κ3) is 4.32. The van der Waals surface area contributed by atoms with E-state index in [4.69, 9.17) is 16.3 Å². The lowest BCUT2D eigenvalue weighted by Crippen LogP contribution is -2.30. The molecule has 1 atom stereocenters. The highest BCUT2D eigenvalue weighted by atomic mass is 35.5. The van der Waals surface area contributed by atoms with Crippen LogP contribution in [-0.2, 0) is 9.59 Å². The van der Waals surface area contributed by atoms with Crippen LogP contribution in [0.3, 0.4) is 0 Å². The van der Waals surface area contributed by atoms with Crippen LogP contribution in [0.4, 0.5) is 5.13 Å². The van der Waals surface area contributed by atoms with E-state index >= 15 is 0 Å². The van der Waals surface area contributed by atoms with Gasteiger partial charge in [0.15, 0.2) is 16.7 Å². The van der Waals surface area contributed by atoms with Crippen LogP contribution in [0.5, 0.6) is 5.75 Å². The molecule has 0 bridgehead atoms. The van der Waals surface area contributed by atoms with Crippen molar-refractivity contribution in [3.63, 3.8) is 0 Å². The van der Waals surface area contributed by atoms with Gasteiger partial charge in [0, 0.05) is 5.02 Å². The van der Waals surface area contributed by atoms with Crippen molar-refractivity contribution in [1.82, 2.24) is 4.98 Å². The van der Waals surface area contributed by atoms with Gasteiger partial charge in [-0.2, -0.15) is 0 Å². The molecule has 0 saturated carbocycles. The molecule has 0 fully saturated rings. The van der Waals surface area contributed by atoms with E-state index in [2.05, 4.69) is 4.98 Å². The first-order valence-corrected chi connectivity index (χ1v) is 11.9. The fourth-order valence-electron chi connectivity index (χ4n) is 3.99. The molecule has 1 aliphatic heterocycles. The van der Waals surface area contributed by atoms with Crippen molar-refractivity contribution >= 4 is 56.1 Å². The molecule has 0 radical (unpaired) electrons. The monoisotopic (exact) mass is 502 g/mol. The van der Waals surface area contributed by atoms with Gasteiger partial charge in [-0.1, -0.05) is 71.5 Å². The van der Waals surface area contributed by atoms with Crippen LogP contribution in [0.25, 0.3) is 16.3 Å². The summed E-state index contributed by atoms with van der Waals surface area (Å²) < 4.78 is 6.10. The van der Waals surface area contributed by atoms with Gasteiger partial charge in [0.2, 0.25) is 0 Å². The smallest absolute Gasteiger partial charge is 0.296 e. The number of carbonyl (C=O) groups is 2. The maximum atomic E-state index is 13.3. The summed E-state index contributed by atoms with van der Waals surface area (Å²) >= 11 is 7.52. The number of hydrogen-bond donors (Lipinski definition) is 1. The molecular weight excluding hydrogens is 484 g/mol. The molecule has 0 spiro atoms. The Kier molecular flexibility index (Phi) is 6.11. The number of fused-ring (bicyclic) bond motifs is 1. The summed E-state index contributed by atoms with van der Waals surface area (Å²) in [5.74, 6) is -1.11. The lowest BCUT2D eigenvalue weighted by Gasteiger charge is -2.24. The summed E-state index contributed by atoms with van der Waals surface area (Å²) in [6.45, 7) is 0. The number of hydrogen-bond acceptors (Lipinski definition) is 6. The van der Waals surface area contributed by atoms with Crippen molar-refractivity contribution < 1.29 is 19.4 Å². The van der Waals surface area contributed by atoms with Crippen molar-refractivity contribution in [3.8, 4) is 5.75 Å². The first kappa shape index (κ1) is 22.8. The third-order valence-corrected chi connectivity index (χ3v) is 6.91. The van der Waals surface area contributed by atoms with Gasteiger partial charge in [0.05, 0.1) is 28.9 Å². The van der Waals surface area contributed by atoms with Crippen LogP contribution in [0.15, 0.2) is 90.2 Å². The number of methoxy groups -OCH3 is 1. The Morgan fingerprint density at radius 2 is 1.91 bits per heavy atom. The standard InChI is InChI=1S/C27H19ClN2O4S/c1-34-19-11-12-20-22(15-19)35-27(29-20)30-24(17-8-5-9-18(28)14-17)23(25(32)26(30)33)21(31)13-10-16-6-3-2-4-7-16/h2-15,24,32H,1H3. The number of nitrogens with zero attached hydrogens (tertiary/aromatic N) is 2. The third-order valence-electron chi connectivity index (χ3n) is 5.66. The summed E-state index contributed by atoms with van der Waals surface area (Å²) in [5, 5.41) is 11.7. The molecule has 0 saturated heterocycles. The van der Waals surface area contributed by atoms with Gasteiger partial charge >= 0.3 is 0 Å². The van der Waals surface area contributed by atoms with Crippen LogP contribution >= 0.6 is 22.9 Å². The molecule has 1 N–H and O–H groups in total. The number of aliphatic hydroxyl groups excluding tert-OH is 1. The maximum Gasteiger partial charge on any atom is 0.296 e. The molecule has 8 heteroatoms. The van der Waals surface area contributed by atoms with Gasteiger partial charge in [-0.25, -0.2) is 4.98 Å². The minimum atomic E-state index is -0.892. The number of benzene rings is 3. The van der Waals surface area contributed by atoms with Gasteiger partial charge < -0.3 is 9.84 Å². The molecule has 3 aromatic carbocycles. The van der Waals surface area contributed by atoms with Gasteiger partial charge in [-0.05, 0) is 47.5 Å². The zero-order chi connectivity index (χ0) is 24.5.